The molecule has 7 atom stereocenters. The zero-order chi connectivity index (χ0) is 19.5. The molecule has 0 spiro atoms. The molecule has 0 amide bonds. The number of rotatable bonds is 3. The number of hydrogen-bond acceptors (Lipinski definition) is 7. The van der Waals surface area contributed by atoms with Gasteiger partial charge in [-0.15, -0.1) is 0 Å². The predicted octanol–water partition coefficient (Wildman–Crippen LogP) is 1.84. The summed E-state index contributed by atoms with van der Waals surface area (Å²) in [6, 6.07) is 7.81. The second kappa shape index (κ2) is 6.32. The van der Waals surface area contributed by atoms with Crippen molar-refractivity contribution in [3.05, 3.63) is 42.0 Å². The monoisotopic (exact) mass is 385 g/mol. The minimum Gasteiger partial charge on any atom is -0.469 e. The maximum atomic E-state index is 12.8. The fourth-order valence-electron chi connectivity index (χ4n) is 5.50. The number of esters is 2. The van der Waals surface area contributed by atoms with Crippen molar-refractivity contribution in [2.24, 2.45) is 17.8 Å². The lowest BCUT2D eigenvalue weighted by molar-refractivity contribution is -0.159. The summed E-state index contributed by atoms with van der Waals surface area (Å²) in [7, 11) is 2.67. The van der Waals surface area contributed by atoms with Crippen molar-refractivity contribution in [1.82, 2.24) is 0 Å². The van der Waals surface area contributed by atoms with Gasteiger partial charge in [0.25, 0.3) is 0 Å². The summed E-state index contributed by atoms with van der Waals surface area (Å²) >= 11 is 0. The van der Waals surface area contributed by atoms with E-state index in [2.05, 4.69) is 11.4 Å². The summed E-state index contributed by atoms with van der Waals surface area (Å²) in [5.41, 5.74) is 1.10. The first kappa shape index (κ1) is 17.7. The van der Waals surface area contributed by atoms with Gasteiger partial charge in [-0.3, -0.25) is 9.59 Å². The molecule has 2 saturated heterocycles. The van der Waals surface area contributed by atoms with E-state index >= 15 is 0 Å². The van der Waals surface area contributed by atoms with Crippen LogP contribution in [0.3, 0.4) is 0 Å². The van der Waals surface area contributed by atoms with Crippen LogP contribution in [0.1, 0.15) is 18.1 Å². The van der Waals surface area contributed by atoms with Crippen molar-refractivity contribution in [1.29, 1.82) is 0 Å². The molecule has 28 heavy (non-hydrogen) atoms. The number of fused-ring (bicyclic) bond motifs is 5. The number of benzene rings is 1. The van der Waals surface area contributed by atoms with Gasteiger partial charge in [0.1, 0.15) is 17.4 Å². The number of methoxy groups -OCH3 is 2. The second-order valence-corrected chi connectivity index (χ2v) is 7.80. The highest BCUT2D eigenvalue weighted by atomic mass is 16.6. The lowest BCUT2D eigenvalue weighted by atomic mass is 9.66. The maximum Gasteiger partial charge on any atom is 0.313 e. The molecule has 1 N–H and O–H groups in total. The Labute approximate surface area is 163 Å². The summed E-state index contributed by atoms with van der Waals surface area (Å²) in [6.07, 6.45) is 4.07. The third kappa shape index (κ3) is 2.23. The largest absolute Gasteiger partial charge is 0.469 e. The first-order chi connectivity index (χ1) is 13.6. The number of ether oxygens (including phenoxy) is 4. The maximum absolute atomic E-state index is 12.8. The van der Waals surface area contributed by atoms with Gasteiger partial charge in [-0.2, -0.15) is 0 Å². The molecule has 148 valence electrons. The average Bonchev–Trinajstić information content (AvgIpc) is 3.45. The molecule has 7 unspecified atom stereocenters. The van der Waals surface area contributed by atoms with Crippen LogP contribution in [0.4, 0.5) is 5.69 Å². The Bertz CT molecular complexity index is 853. The van der Waals surface area contributed by atoms with Crippen LogP contribution in [-0.4, -0.2) is 50.5 Å². The number of hydrogen-bond donors (Lipinski definition) is 1. The van der Waals surface area contributed by atoms with Gasteiger partial charge in [-0.05, 0) is 12.5 Å². The number of anilines is 1. The molecule has 1 aromatic carbocycles. The van der Waals surface area contributed by atoms with Crippen LogP contribution in [-0.2, 0) is 28.5 Å². The van der Waals surface area contributed by atoms with Gasteiger partial charge in [-0.1, -0.05) is 30.4 Å². The van der Waals surface area contributed by atoms with Crippen molar-refractivity contribution >= 4 is 17.6 Å². The Morgan fingerprint density at radius 1 is 1.18 bits per heavy atom. The van der Waals surface area contributed by atoms with Gasteiger partial charge >= 0.3 is 11.9 Å². The van der Waals surface area contributed by atoms with Gasteiger partial charge in [-0.25, -0.2) is 0 Å². The van der Waals surface area contributed by atoms with Crippen LogP contribution in [0, 0.1) is 17.8 Å². The summed E-state index contributed by atoms with van der Waals surface area (Å²) in [5.74, 6) is -2.30. The Morgan fingerprint density at radius 2 is 1.96 bits per heavy atom. The van der Waals surface area contributed by atoms with E-state index in [0.717, 1.165) is 17.7 Å². The minimum absolute atomic E-state index is 0.0663. The molecular weight excluding hydrogens is 362 g/mol. The molecule has 4 heterocycles. The standard InChI is InChI=1S/C21H23NO6/c1-25-19(23)15-14-7-9-21(28-14,16(15)20(24)26-2)18-12-8-10-27-17(12)11-5-3-4-6-13(11)22-18/h3-7,9,12,14-18,22H,8,10H2,1-2H3. The van der Waals surface area contributed by atoms with E-state index in [0.29, 0.717) is 6.61 Å². The van der Waals surface area contributed by atoms with E-state index in [9.17, 15) is 9.59 Å². The second-order valence-electron chi connectivity index (χ2n) is 7.80. The average molecular weight is 385 g/mol. The Hall–Kier alpha value is -2.38. The van der Waals surface area contributed by atoms with Crippen LogP contribution in [0.15, 0.2) is 36.4 Å². The SMILES string of the molecule is COC(=O)C1C2C=CC(C3Nc4ccccc4C4OCCC43)(O2)C1C(=O)OC. The van der Waals surface area contributed by atoms with E-state index in [1.54, 1.807) is 0 Å². The molecule has 4 aliphatic rings. The third-order valence-corrected chi connectivity index (χ3v) is 6.64. The van der Waals surface area contributed by atoms with E-state index in [1.807, 2.05) is 30.4 Å². The molecule has 5 rings (SSSR count). The van der Waals surface area contributed by atoms with Crippen LogP contribution < -0.4 is 5.32 Å². The molecule has 7 nitrogen and oxygen atoms in total. The minimum atomic E-state index is -0.985. The molecule has 2 fully saturated rings. The van der Waals surface area contributed by atoms with E-state index in [1.165, 1.54) is 14.2 Å². The molecule has 4 aliphatic heterocycles. The van der Waals surface area contributed by atoms with Crippen LogP contribution >= 0.6 is 0 Å². The highest BCUT2D eigenvalue weighted by molar-refractivity contribution is 5.86. The molecule has 2 bridgehead atoms. The van der Waals surface area contributed by atoms with Gasteiger partial charge in [0, 0.05) is 23.8 Å². The number of para-hydroxylation sites is 1. The van der Waals surface area contributed by atoms with Crippen LogP contribution in [0.5, 0.6) is 0 Å². The topological polar surface area (TPSA) is 83.1 Å². The fraction of sp³-hybridized carbons (Fsp3) is 0.524. The Balaban J connectivity index is 1.60. The lowest BCUT2D eigenvalue weighted by Gasteiger charge is -2.45. The van der Waals surface area contributed by atoms with Gasteiger partial charge in [0.15, 0.2) is 0 Å². The quantitative estimate of drug-likeness (QED) is 0.628. The first-order valence-electron chi connectivity index (χ1n) is 9.60. The van der Waals surface area contributed by atoms with Crippen LogP contribution in [0.25, 0.3) is 0 Å². The normalized spacial score (nSPS) is 39.8. The fourth-order valence-corrected chi connectivity index (χ4v) is 5.50. The summed E-state index contributed by atoms with van der Waals surface area (Å²) in [6.45, 7) is 0.647. The zero-order valence-corrected chi connectivity index (χ0v) is 15.8. The Kier molecular flexibility index (Phi) is 4.00. The number of carbonyl (C=O) groups is 2. The highest BCUT2D eigenvalue weighted by Crippen LogP contribution is 2.56. The summed E-state index contributed by atoms with van der Waals surface area (Å²) < 4.78 is 22.5. The summed E-state index contributed by atoms with van der Waals surface area (Å²) in [5, 5.41) is 3.60. The molecule has 0 saturated carbocycles. The van der Waals surface area contributed by atoms with Crippen molar-refractivity contribution in [3.63, 3.8) is 0 Å². The van der Waals surface area contributed by atoms with E-state index in [-0.39, 0.29) is 18.1 Å². The van der Waals surface area contributed by atoms with Gasteiger partial charge < -0.3 is 24.3 Å². The molecule has 1 aromatic rings. The number of carbonyl (C=O) groups excluding carboxylic acids is 2. The van der Waals surface area contributed by atoms with Gasteiger partial charge in [0.2, 0.25) is 0 Å². The van der Waals surface area contributed by atoms with Crippen molar-refractivity contribution in [2.75, 3.05) is 26.1 Å². The number of nitrogens with one attached hydrogen (secondary N) is 1. The third-order valence-electron chi connectivity index (χ3n) is 6.64. The van der Waals surface area contributed by atoms with E-state index < -0.39 is 35.5 Å². The van der Waals surface area contributed by atoms with E-state index in [4.69, 9.17) is 18.9 Å². The van der Waals surface area contributed by atoms with Crippen molar-refractivity contribution < 1.29 is 28.5 Å². The zero-order valence-electron chi connectivity index (χ0n) is 15.8. The first-order valence-corrected chi connectivity index (χ1v) is 9.60. The van der Waals surface area contributed by atoms with Crippen molar-refractivity contribution in [2.45, 2.75) is 30.3 Å². The van der Waals surface area contributed by atoms with Crippen molar-refractivity contribution in [3.8, 4) is 0 Å². The molecule has 0 aromatic heterocycles. The molecule has 0 radical (unpaired) electrons. The predicted molar refractivity (Wildman–Crippen MR) is 98.4 cm³/mol. The molecule has 7 heteroatoms. The lowest BCUT2D eigenvalue weighted by Crippen LogP contribution is -2.58. The van der Waals surface area contributed by atoms with Gasteiger partial charge in [0.05, 0.1) is 32.5 Å². The highest BCUT2D eigenvalue weighted by Gasteiger charge is 2.68. The molecular formula is C21H23NO6. The van der Waals surface area contributed by atoms with Crippen LogP contribution in [0.2, 0.25) is 0 Å². The smallest absolute Gasteiger partial charge is 0.313 e. The molecule has 0 aliphatic carbocycles. The summed E-state index contributed by atoms with van der Waals surface area (Å²) in [4.78, 5) is 25.3. The Morgan fingerprint density at radius 3 is 2.75 bits per heavy atom.